The van der Waals surface area contributed by atoms with Crippen LogP contribution >= 0.6 is 23.2 Å². The summed E-state index contributed by atoms with van der Waals surface area (Å²) in [4.78, 5) is 12.0. The van der Waals surface area contributed by atoms with E-state index in [0.717, 1.165) is 10.6 Å². The molecule has 0 fully saturated rings. The molecule has 0 saturated carbocycles. The maximum atomic E-state index is 13.0. The van der Waals surface area contributed by atoms with Gasteiger partial charge in [-0.15, -0.1) is 0 Å². The number of carbonyl (C=O) groups excluding carboxylic acids is 1. The van der Waals surface area contributed by atoms with Crippen LogP contribution in [-0.4, -0.2) is 27.1 Å². The summed E-state index contributed by atoms with van der Waals surface area (Å²) in [5, 5.41) is 3.42. The van der Waals surface area contributed by atoms with Gasteiger partial charge in [0.1, 0.15) is 5.82 Å². The molecule has 26 heavy (non-hydrogen) atoms. The van der Waals surface area contributed by atoms with Crippen molar-refractivity contribution in [1.82, 2.24) is 0 Å². The smallest absolute Gasteiger partial charge is 0.232 e. The Morgan fingerprint density at radius 2 is 1.81 bits per heavy atom. The van der Waals surface area contributed by atoms with Crippen LogP contribution in [0.15, 0.2) is 42.5 Å². The van der Waals surface area contributed by atoms with E-state index in [4.69, 9.17) is 23.2 Å². The molecule has 0 radical (unpaired) electrons. The second-order valence-corrected chi connectivity index (χ2v) is 8.34. The fourth-order valence-electron chi connectivity index (χ4n) is 2.28. The van der Waals surface area contributed by atoms with Gasteiger partial charge in [0.15, 0.2) is 0 Å². The number of carbonyl (C=O) groups is 1. The van der Waals surface area contributed by atoms with E-state index < -0.39 is 15.8 Å². The monoisotopic (exact) mass is 418 g/mol. The molecule has 0 aliphatic rings. The van der Waals surface area contributed by atoms with Gasteiger partial charge in [-0.1, -0.05) is 23.2 Å². The minimum Gasteiger partial charge on any atom is -0.325 e. The van der Waals surface area contributed by atoms with E-state index in [0.29, 0.717) is 21.4 Å². The van der Waals surface area contributed by atoms with Gasteiger partial charge < -0.3 is 5.32 Å². The third-order valence-electron chi connectivity index (χ3n) is 3.49. The lowest BCUT2D eigenvalue weighted by Gasteiger charge is -2.22. The number of sulfonamides is 1. The zero-order valence-corrected chi connectivity index (χ0v) is 16.2. The number of nitrogens with one attached hydrogen (secondary N) is 1. The third-order valence-corrected chi connectivity index (χ3v) is 5.23. The average Bonchev–Trinajstić information content (AvgIpc) is 2.54. The Bertz CT molecular complexity index is 889. The van der Waals surface area contributed by atoms with Crippen molar-refractivity contribution >= 4 is 50.5 Å². The Morgan fingerprint density at radius 3 is 2.38 bits per heavy atom. The van der Waals surface area contributed by atoms with Crippen molar-refractivity contribution in [2.75, 3.05) is 22.4 Å². The van der Waals surface area contributed by atoms with Crippen LogP contribution in [0, 0.1) is 5.82 Å². The summed E-state index contributed by atoms with van der Waals surface area (Å²) in [6.45, 7) is 0.0895. The first kappa shape index (κ1) is 20.5. The van der Waals surface area contributed by atoms with Crippen molar-refractivity contribution in [3.63, 3.8) is 0 Å². The first-order chi connectivity index (χ1) is 12.2. The largest absolute Gasteiger partial charge is 0.325 e. The first-order valence-electron chi connectivity index (χ1n) is 7.65. The van der Waals surface area contributed by atoms with Crippen LogP contribution in [0.5, 0.6) is 0 Å². The molecule has 0 saturated heterocycles. The Morgan fingerprint density at radius 1 is 1.15 bits per heavy atom. The van der Waals surface area contributed by atoms with Gasteiger partial charge in [-0.3, -0.25) is 9.10 Å². The molecule has 0 spiro atoms. The van der Waals surface area contributed by atoms with E-state index >= 15 is 0 Å². The normalized spacial score (nSPS) is 11.2. The number of amides is 1. The van der Waals surface area contributed by atoms with E-state index in [-0.39, 0.29) is 25.3 Å². The number of halogens is 3. The number of rotatable bonds is 7. The van der Waals surface area contributed by atoms with Gasteiger partial charge in [-0.25, -0.2) is 12.8 Å². The number of hydrogen-bond acceptors (Lipinski definition) is 3. The third kappa shape index (κ3) is 5.86. The number of nitrogens with zero attached hydrogens (tertiary/aromatic N) is 1. The highest BCUT2D eigenvalue weighted by molar-refractivity contribution is 7.92. The van der Waals surface area contributed by atoms with Crippen LogP contribution in [0.2, 0.25) is 10.0 Å². The predicted octanol–water partition coefficient (Wildman–Crippen LogP) is 4.32. The standard InChI is InChI=1S/C17H17Cl2FN2O3S/c1-26(24,25)22(14-7-5-13(20)6-8-14)10-2-3-17(23)21-16-9-4-12(18)11-15(16)19/h4-9,11H,2-3,10H2,1H3,(H,21,23). The Balaban J connectivity index is 1.96. The Hall–Kier alpha value is -1.83. The van der Waals surface area contributed by atoms with Gasteiger partial charge in [0.25, 0.3) is 0 Å². The molecule has 2 rings (SSSR count). The molecular formula is C17H17Cl2FN2O3S. The van der Waals surface area contributed by atoms with Crippen LogP contribution < -0.4 is 9.62 Å². The first-order valence-corrected chi connectivity index (χ1v) is 10.3. The molecule has 140 valence electrons. The molecule has 9 heteroatoms. The van der Waals surface area contributed by atoms with Crippen molar-refractivity contribution in [3.05, 3.63) is 58.3 Å². The summed E-state index contributed by atoms with van der Waals surface area (Å²) in [5.74, 6) is -0.761. The molecule has 1 amide bonds. The van der Waals surface area contributed by atoms with Crippen LogP contribution in [0.25, 0.3) is 0 Å². The molecule has 0 aliphatic heterocycles. The van der Waals surface area contributed by atoms with Gasteiger partial charge in [-0.05, 0) is 48.9 Å². The van der Waals surface area contributed by atoms with Gasteiger partial charge in [0, 0.05) is 18.0 Å². The van der Waals surface area contributed by atoms with Gasteiger partial charge >= 0.3 is 0 Å². The molecule has 0 heterocycles. The second kappa shape index (κ2) is 8.70. The summed E-state index contributed by atoms with van der Waals surface area (Å²) < 4.78 is 38.1. The lowest BCUT2D eigenvalue weighted by Crippen LogP contribution is -2.31. The second-order valence-electron chi connectivity index (χ2n) is 5.59. The van der Waals surface area contributed by atoms with Crippen molar-refractivity contribution < 1.29 is 17.6 Å². The number of hydrogen-bond donors (Lipinski definition) is 1. The molecule has 0 aromatic heterocycles. The number of benzene rings is 2. The molecule has 1 N–H and O–H groups in total. The van der Waals surface area contributed by atoms with Crippen molar-refractivity contribution in [2.45, 2.75) is 12.8 Å². The van der Waals surface area contributed by atoms with Crippen molar-refractivity contribution in [3.8, 4) is 0 Å². The molecule has 2 aromatic carbocycles. The average molecular weight is 419 g/mol. The van der Waals surface area contributed by atoms with Crippen LogP contribution in [0.4, 0.5) is 15.8 Å². The summed E-state index contributed by atoms with van der Waals surface area (Å²) >= 11 is 11.8. The summed E-state index contributed by atoms with van der Waals surface area (Å²) in [6, 6.07) is 9.82. The fraction of sp³-hybridized carbons (Fsp3) is 0.235. The minimum absolute atomic E-state index is 0.0895. The minimum atomic E-state index is -3.56. The quantitative estimate of drug-likeness (QED) is 0.727. The maximum absolute atomic E-state index is 13.0. The highest BCUT2D eigenvalue weighted by Gasteiger charge is 2.17. The van der Waals surface area contributed by atoms with Crippen LogP contribution in [0.3, 0.4) is 0 Å². The highest BCUT2D eigenvalue weighted by atomic mass is 35.5. The Kier molecular flexibility index (Phi) is 6.86. The molecule has 0 bridgehead atoms. The van der Waals surface area contributed by atoms with Crippen LogP contribution in [-0.2, 0) is 14.8 Å². The van der Waals surface area contributed by atoms with Crippen molar-refractivity contribution in [2.24, 2.45) is 0 Å². The fourth-order valence-corrected chi connectivity index (χ4v) is 3.70. The molecule has 2 aromatic rings. The summed E-state index contributed by atoms with van der Waals surface area (Å²) in [6.07, 6.45) is 1.43. The molecular weight excluding hydrogens is 402 g/mol. The van der Waals surface area contributed by atoms with E-state index in [1.807, 2.05) is 0 Å². The highest BCUT2D eigenvalue weighted by Crippen LogP contribution is 2.25. The predicted molar refractivity (Wildman–Crippen MR) is 103 cm³/mol. The Labute approximate surface area is 161 Å². The topological polar surface area (TPSA) is 66.5 Å². The van der Waals surface area contributed by atoms with E-state index in [1.54, 1.807) is 12.1 Å². The van der Waals surface area contributed by atoms with E-state index in [9.17, 15) is 17.6 Å². The zero-order valence-electron chi connectivity index (χ0n) is 13.9. The lowest BCUT2D eigenvalue weighted by molar-refractivity contribution is -0.116. The number of anilines is 2. The maximum Gasteiger partial charge on any atom is 0.232 e. The van der Waals surface area contributed by atoms with E-state index in [2.05, 4.69) is 5.32 Å². The zero-order chi connectivity index (χ0) is 19.3. The molecule has 0 aliphatic carbocycles. The van der Waals surface area contributed by atoms with Gasteiger partial charge in [-0.2, -0.15) is 0 Å². The van der Waals surface area contributed by atoms with E-state index in [1.165, 1.54) is 30.3 Å². The SMILES string of the molecule is CS(=O)(=O)N(CCCC(=O)Nc1ccc(Cl)cc1Cl)c1ccc(F)cc1. The lowest BCUT2D eigenvalue weighted by atomic mass is 10.2. The summed E-state index contributed by atoms with van der Waals surface area (Å²) in [5.41, 5.74) is 0.773. The van der Waals surface area contributed by atoms with Crippen molar-refractivity contribution in [1.29, 1.82) is 0 Å². The summed E-state index contributed by atoms with van der Waals surface area (Å²) in [7, 11) is -3.56. The molecule has 0 unspecified atom stereocenters. The van der Waals surface area contributed by atoms with Gasteiger partial charge in [0.2, 0.25) is 15.9 Å². The van der Waals surface area contributed by atoms with Crippen LogP contribution in [0.1, 0.15) is 12.8 Å². The molecule has 5 nitrogen and oxygen atoms in total. The molecule has 0 atom stereocenters. The van der Waals surface area contributed by atoms with Gasteiger partial charge in [0.05, 0.1) is 22.7 Å².